The van der Waals surface area contributed by atoms with Gasteiger partial charge in [-0.3, -0.25) is 4.79 Å². The minimum absolute atomic E-state index is 0.0689. The van der Waals surface area contributed by atoms with Gasteiger partial charge in [0.2, 0.25) is 5.78 Å². The standard InChI is InChI=1S/C25H28O7/c1-6-24(4,5)15-9-16(19(28)10-18(15)27)25(31)12-32-20-11-17(26)14(8-7-13(2)3)22(29)21(20)23(25)30/h6-7,9-11,26-29,31H,1,8,12H2,2-5H3/t25-/m1/s1. The summed E-state index contributed by atoms with van der Waals surface area (Å²) < 4.78 is 5.54. The fourth-order valence-electron chi connectivity index (χ4n) is 3.70. The molecule has 1 aliphatic rings. The van der Waals surface area contributed by atoms with E-state index in [1.54, 1.807) is 26.0 Å². The molecule has 0 saturated carbocycles. The molecule has 0 amide bonds. The zero-order valence-electron chi connectivity index (χ0n) is 18.6. The number of aliphatic hydroxyl groups is 1. The number of aromatic hydroxyl groups is 4. The Hall–Kier alpha value is -3.45. The number of carbonyl (C=O) groups is 1. The van der Waals surface area contributed by atoms with Gasteiger partial charge < -0.3 is 30.3 Å². The van der Waals surface area contributed by atoms with Gasteiger partial charge >= 0.3 is 0 Å². The van der Waals surface area contributed by atoms with Crippen molar-refractivity contribution in [1.29, 1.82) is 0 Å². The molecule has 2 aromatic rings. The molecule has 3 rings (SSSR count). The van der Waals surface area contributed by atoms with Gasteiger partial charge in [-0.25, -0.2) is 0 Å². The largest absolute Gasteiger partial charge is 0.507 e. The summed E-state index contributed by atoms with van der Waals surface area (Å²) in [7, 11) is 0. The number of allylic oxidation sites excluding steroid dienone is 3. The van der Waals surface area contributed by atoms with E-state index < -0.39 is 34.9 Å². The number of phenols is 4. The van der Waals surface area contributed by atoms with Crippen LogP contribution >= 0.6 is 0 Å². The monoisotopic (exact) mass is 440 g/mol. The lowest BCUT2D eigenvalue weighted by molar-refractivity contribution is -0.00685. The van der Waals surface area contributed by atoms with E-state index >= 15 is 0 Å². The number of carbonyl (C=O) groups excluding carboxylic acids is 1. The van der Waals surface area contributed by atoms with E-state index in [-0.39, 0.29) is 40.4 Å². The molecule has 0 bridgehead atoms. The van der Waals surface area contributed by atoms with Crippen molar-refractivity contribution in [3.8, 4) is 28.7 Å². The molecule has 0 fully saturated rings. The van der Waals surface area contributed by atoms with Crippen molar-refractivity contribution < 1.29 is 35.1 Å². The maximum Gasteiger partial charge on any atom is 0.210 e. The first-order valence-electron chi connectivity index (χ1n) is 10.1. The van der Waals surface area contributed by atoms with Crippen LogP contribution in [0.2, 0.25) is 0 Å². The number of phenolic OH excluding ortho intramolecular Hbond substituents is 4. The summed E-state index contributed by atoms with van der Waals surface area (Å²) in [4.78, 5) is 13.4. The van der Waals surface area contributed by atoms with Gasteiger partial charge in [0.05, 0.1) is 0 Å². The van der Waals surface area contributed by atoms with Crippen molar-refractivity contribution in [2.24, 2.45) is 0 Å². The highest BCUT2D eigenvalue weighted by molar-refractivity contribution is 6.09. The van der Waals surface area contributed by atoms with Crippen LogP contribution in [0.5, 0.6) is 28.7 Å². The summed E-state index contributed by atoms with van der Waals surface area (Å²) >= 11 is 0. The van der Waals surface area contributed by atoms with Crippen molar-refractivity contribution in [2.45, 2.75) is 45.1 Å². The summed E-state index contributed by atoms with van der Waals surface area (Å²) in [6, 6.07) is 3.61. The Bertz CT molecular complexity index is 1140. The van der Waals surface area contributed by atoms with Gasteiger partial charge in [0.15, 0.2) is 5.60 Å². The highest BCUT2D eigenvalue weighted by Gasteiger charge is 2.48. The molecule has 0 aliphatic carbocycles. The van der Waals surface area contributed by atoms with Crippen LogP contribution in [0.25, 0.3) is 0 Å². The number of fused-ring (bicyclic) bond motifs is 1. The number of ketones is 1. The number of hydrogen-bond donors (Lipinski definition) is 5. The molecule has 2 aromatic carbocycles. The number of rotatable bonds is 5. The molecule has 1 aliphatic heterocycles. The van der Waals surface area contributed by atoms with Crippen molar-refractivity contribution >= 4 is 5.78 Å². The van der Waals surface area contributed by atoms with Crippen molar-refractivity contribution in [1.82, 2.24) is 0 Å². The highest BCUT2D eigenvalue weighted by Crippen LogP contribution is 2.48. The first-order valence-corrected chi connectivity index (χ1v) is 10.1. The average molecular weight is 440 g/mol. The summed E-state index contributed by atoms with van der Waals surface area (Å²) in [5.74, 6) is -2.42. The lowest BCUT2D eigenvalue weighted by atomic mass is 9.78. The zero-order chi connectivity index (χ0) is 24.0. The molecule has 170 valence electrons. The molecule has 1 heterocycles. The smallest absolute Gasteiger partial charge is 0.210 e. The van der Waals surface area contributed by atoms with E-state index in [0.717, 1.165) is 11.6 Å². The highest BCUT2D eigenvalue weighted by atomic mass is 16.5. The van der Waals surface area contributed by atoms with Crippen molar-refractivity contribution in [3.05, 3.63) is 64.8 Å². The molecule has 0 aromatic heterocycles. The van der Waals surface area contributed by atoms with Crippen LogP contribution in [0, 0.1) is 0 Å². The maximum atomic E-state index is 13.4. The molecular formula is C25H28O7. The van der Waals surface area contributed by atoms with Gasteiger partial charge in [0, 0.05) is 34.2 Å². The Morgan fingerprint density at radius 1 is 1.12 bits per heavy atom. The van der Waals surface area contributed by atoms with Crippen LogP contribution in [0.3, 0.4) is 0 Å². The SMILES string of the molecule is C=CC(C)(C)c1cc([C@]2(O)COc3cc(O)c(CC=C(C)C)c(O)c3C2=O)c(O)cc1O. The molecule has 7 nitrogen and oxygen atoms in total. The van der Waals surface area contributed by atoms with Gasteiger partial charge in [0.25, 0.3) is 0 Å². The van der Waals surface area contributed by atoms with Gasteiger partial charge in [-0.2, -0.15) is 0 Å². The topological polar surface area (TPSA) is 127 Å². The fraction of sp³-hybridized carbons (Fsp3) is 0.320. The number of ether oxygens (including phenoxy) is 1. The van der Waals surface area contributed by atoms with Crippen LogP contribution < -0.4 is 4.74 Å². The lowest BCUT2D eigenvalue weighted by Crippen LogP contribution is -2.45. The van der Waals surface area contributed by atoms with Gasteiger partial charge in [-0.15, -0.1) is 6.58 Å². The Balaban J connectivity index is 2.19. The predicted molar refractivity (Wildman–Crippen MR) is 120 cm³/mol. The minimum Gasteiger partial charge on any atom is -0.507 e. The van der Waals surface area contributed by atoms with E-state index in [1.165, 1.54) is 12.1 Å². The van der Waals surface area contributed by atoms with Crippen molar-refractivity contribution in [3.63, 3.8) is 0 Å². The molecule has 5 N–H and O–H groups in total. The van der Waals surface area contributed by atoms with Gasteiger partial charge in [-0.05, 0) is 26.3 Å². The van der Waals surface area contributed by atoms with Crippen LogP contribution in [-0.4, -0.2) is 37.9 Å². The quantitative estimate of drug-likeness (QED) is 0.446. The Labute approximate surface area is 186 Å². The predicted octanol–water partition coefficient (Wildman–Crippen LogP) is 3.94. The minimum atomic E-state index is -2.33. The van der Waals surface area contributed by atoms with E-state index in [9.17, 15) is 30.3 Å². The number of benzene rings is 2. The second-order valence-electron chi connectivity index (χ2n) is 8.87. The molecule has 0 radical (unpaired) electrons. The molecule has 32 heavy (non-hydrogen) atoms. The third-order valence-electron chi connectivity index (χ3n) is 5.86. The van der Waals surface area contributed by atoms with Crippen LogP contribution in [-0.2, 0) is 17.4 Å². The molecule has 7 heteroatoms. The molecule has 1 atom stereocenters. The maximum absolute atomic E-state index is 13.4. The fourth-order valence-corrected chi connectivity index (χ4v) is 3.70. The third kappa shape index (κ3) is 3.69. The number of Topliss-reactive ketones (excluding diaryl/α,β-unsaturated/α-hetero) is 1. The summed E-state index contributed by atoms with van der Waals surface area (Å²) in [6.45, 7) is 10.5. The van der Waals surface area contributed by atoms with Crippen molar-refractivity contribution in [2.75, 3.05) is 6.61 Å². The molecule has 0 unspecified atom stereocenters. The van der Waals surface area contributed by atoms with Crippen LogP contribution in [0.15, 0.2) is 42.5 Å². The average Bonchev–Trinajstić information content (AvgIpc) is 2.70. The van der Waals surface area contributed by atoms with Gasteiger partial charge in [0.1, 0.15) is 40.9 Å². The Kier molecular flexibility index (Phi) is 5.74. The van der Waals surface area contributed by atoms with E-state index in [1.807, 2.05) is 13.8 Å². The number of hydrogen-bond acceptors (Lipinski definition) is 7. The molecule has 0 saturated heterocycles. The Morgan fingerprint density at radius 3 is 2.38 bits per heavy atom. The summed E-state index contributed by atoms with van der Waals surface area (Å²) in [6.07, 6.45) is 3.53. The summed E-state index contributed by atoms with van der Waals surface area (Å²) in [5, 5.41) is 53.3. The third-order valence-corrected chi connectivity index (χ3v) is 5.86. The molecular weight excluding hydrogens is 412 g/mol. The van der Waals surface area contributed by atoms with E-state index in [0.29, 0.717) is 5.56 Å². The first kappa shape index (κ1) is 23.2. The Morgan fingerprint density at radius 2 is 1.78 bits per heavy atom. The summed E-state index contributed by atoms with van der Waals surface area (Å²) in [5.41, 5.74) is -2.11. The zero-order valence-corrected chi connectivity index (χ0v) is 18.6. The van der Waals surface area contributed by atoms with Crippen LogP contribution in [0.1, 0.15) is 54.7 Å². The second-order valence-corrected chi connectivity index (χ2v) is 8.87. The van der Waals surface area contributed by atoms with Crippen LogP contribution in [0.4, 0.5) is 0 Å². The normalized spacial score (nSPS) is 18.0. The van der Waals surface area contributed by atoms with Gasteiger partial charge in [-0.1, -0.05) is 31.6 Å². The second kappa shape index (κ2) is 7.91. The first-order chi connectivity index (χ1) is 14.8. The lowest BCUT2D eigenvalue weighted by Gasteiger charge is -2.34. The molecule has 0 spiro atoms. The van der Waals surface area contributed by atoms with E-state index in [4.69, 9.17) is 4.74 Å². The van der Waals surface area contributed by atoms with E-state index in [2.05, 4.69) is 6.58 Å².